The summed E-state index contributed by atoms with van der Waals surface area (Å²) >= 11 is 0. The van der Waals surface area contributed by atoms with E-state index in [1.165, 1.54) is 0 Å². The maximum Gasteiger partial charge on any atom is 0.344 e. The Morgan fingerprint density at radius 3 is 1.16 bits per heavy atom. The van der Waals surface area contributed by atoms with Crippen LogP contribution in [-0.4, -0.2) is 20.8 Å². The molecule has 0 saturated heterocycles. The highest BCUT2D eigenvalue weighted by Crippen LogP contribution is 2.41. The summed E-state index contributed by atoms with van der Waals surface area (Å²) in [6.07, 6.45) is 5.02. The highest BCUT2D eigenvalue weighted by atomic mass is 28.4. The lowest BCUT2D eigenvalue weighted by Gasteiger charge is -2.43. The van der Waals surface area contributed by atoms with Gasteiger partial charge in [0.15, 0.2) is 0 Å². The minimum atomic E-state index is -2.17. The molecule has 0 aliphatic rings. The fourth-order valence-corrected chi connectivity index (χ4v) is 7.03. The fraction of sp³-hybridized carbons (Fsp3) is 1.00. The molecule has 4 atom stereocenters. The van der Waals surface area contributed by atoms with Crippen molar-refractivity contribution in [3.63, 3.8) is 0 Å². The van der Waals surface area contributed by atoms with Crippen LogP contribution in [0.15, 0.2) is 0 Å². The van der Waals surface area contributed by atoms with Crippen LogP contribution in [0.5, 0.6) is 0 Å². The lowest BCUT2D eigenvalue weighted by Crippen LogP contribution is -2.53. The Morgan fingerprint density at radius 1 is 0.632 bits per heavy atom. The summed E-state index contributed by atoms with van der Waals surface area (Å²) < 4.78 is 13.2. The first-order valence-electron chi connectivity index (χ1n) is 8.23. The molecule has 0 fully saturated rings. The van der Waals surface area contributed by atoms with Gasteiger partial charge in [0.05, 0.1) is 0 Å². The zero-order valence-corrected chi connectivity index (χ0v) is 15.5. The third kappa shape index (κ3) is 5.20. The van der Waals surface area contributed by atoms with E-state index < -0.39 is 8.56 Å². The van der Waals surface area contributed by atoms with Gasteiger partial charge in [-0.05, 0) is 37.8 Å². The van der Waals surface area contributed by atoms with E-state index in [2.05, 4.69) is 55.4 Å². The second-order valence-electron chi connectivity index (χ2n) is 6.01. The average Bonchev–Trinajstić information content (AvgIpc) is 2.43. The van der Waals surface area contributed by atoms with Crippen molar-refractivity contribution >= 4 is 8.56 Å². The molecule has 116 valence electrons. The molecule has 0 aromatic carbocycles. The number of hydrogen-bond donors (Lipinski definition) is 0. The molecule has 0 aromatic rings. The van der Waals surface area contributed by atoms with E-state index in [4.69, 9.17) is 8.85 Å². The van der Waals surface area contributed by atoms with Gasteiger partial charge < -0.3 is 8.85 Å². The van der Waals surface area contributed by atoms with E-state index in [1.807, 2.05) is 0 Å². The molecule has 3 heteroatoms. The van der Waals surface area contributed by atoms with Crippen LogP contribution in [0.3, 0.4) is 0 Å². The van der Waals surface area contributed by atoms with Gasteiger partial charge in [0, 0.05) is 12.2 Å². The molecule has 0 amide bonds. The Hall–Kier alpha value is 0.137. The third-order valence-corrected chi connectivity index (χ3v) is 9.62. The van der Waals surface area contributed by atoms with Gasteiger partial charge in [0.2, 0.25) is 0 Å². The van der Waals surface area contributed by atoms with Crippen LogP contribution in [0.4, 0.5) is 0 Å². The van der Waals surface area contributed by atoms with E-state index >= 15 is 0 Å². The largest absolute Gasteiger partial charge is 0.391 e. The minimum Gasteiger partial charge on any atom is -0.391 e. The van der Waals surface area contributed by atoms with Gasteiger partial charge in [-0.25, -0.2) is 0 Å². The van der Waals surface area contributed by atoms with Crippen LogP contribution >= 0.6 is 0 Å². The maximum absolute atomic E-state index is 6.58. The number of rotatable bonds is 10. The predicted octanol–water partition coefficient (Wildman–Crippen LogP) is 5.66. The maximum atomic E-state index is 6.58. The molecular weight excluding hydrogens is 252 g/mol. The molecule has 2 nitrogen and oxygen atoms in total. The van der Waals surface area contributed by atoms with Crippen LogP contribution in [0, 0.1) is 0 Å². The summed E-state index contributed by atoms with van der Waals surface area (Å²) in [6, 6.07) is 0. The van der Waals surface area contributed by atoms with E-state index in [0.29, 0.717) is 23.3 Å². The van der Waals surface area contributed by atoms with Crippen molar-refractivity contribution in [3.8, 4) is 0 Å². The van der Waals surface area contributed by atoms with E-state index in [0.717, 1.165) is 25.7 Å². The topological polar surface area (TPSA) is 18.5 Å². The van der Waals surface area contributed by atoms with Crippen LogP contribution in [-0.2, 0) is 8.85 Å². The van der Waals surface area contributed by atoms with Crippen LogP contribution in [0.2, 0.25) is 11.1 Å². The van der Waals surface area contributed by atoms with E-state index in [1.54, 1.807) is 0 Å². The highest BCUT2D eigenvalue weighted by molar-refractivity contribution is 6.70. The predicted molar refractivity (Wildman–Crippen MR) is 86.9 cm³/mol. The van der Waals surface area contributed by atoms with Crippen LogP contribution in [0.1, 0.15) is 81.1 Å². The molecule has 0 aliphatic heterocycles. The van der Waals surface area contributed by atoms with Crippen molar-refractivity contribution in [2.24, 2.45) is 0 Å². The van der Waals surface area contributed by atoms with Crippen molar-refractivity contribution in [2.45, 2.75) is 104 Å². The van der Waals surface area contributed by atoms with Crippen molar-refractivity contribution < 1.29 is 8.85 Å². The Kier molecular flexibility index (Phi) is 9.21. The van der Waals surface area contributed by atoms with E-state index in [-0.39, 0.29) is 0 Å². The first kappa shape index (κ1) is 19.1. The quantitative estimate of drug-likeness (QED) is 0.483. The first-order valence-corrected chi connectivity index (χ1v) is 10.2. The Morgan fingerprint density at radius 2 is 0.947 bits per heavy atom. The van der Waals surface area contributed by atoms with Gasteiger partial charge in [-0.1, -0.05) is 54.4 Å². The van der Waals surface area contributed by atoms with Gasteiger partial charge in [0.1, 0.15) is 0 Å². The zero-order valence-electron chi connectivity index (χ0n) is 14.5. The Balaban J connectivity index is 5.30. The van der Waals surface area contributed by atoms with Gasteiger partial charge in [-0.2, -0.15) is 0 Å². The van der Waals surface area contributed by atoms with Crippen molar-refractivity contribution in [1.82, 2.24) is 0 Å². The normalized spacial score (nSPS) is 21.5. The summed E-state index contributed by atoms with van der Waals surface area (Å²) in [4.78, 5) is 0. The standard InChI is InChI=1S/C16H36O2Si/c1-9-13(5)17-19(15(7)11-3,16(8)12-4)18-14(6)10-2/h13-16H,9-12H2,1-8H3. The number of hydrogen-bond acceptors (Lipinski definition) is 2. The second-order valence-corrected chi connectivity index (χ2v) is 9.90. The van der Waals surface area contributed by atoms with E-state index in [9.17, 15) is 0 Å². The Labute approximate surface area is 122 Å². The SMILES string of the molecule is CCC(C)O[Si](OC(C)CC)(C(C)CC)C(C)CC. The summed E-state index contributed by atoms with van der Waals surface area (Å²) in [5, 5.41) is 0. The van der Waals surface area contributed by atoms with Gasteiger partial charge in [-0.15, -0.1) is 0 Å². The zero-order chi connectivity index (χ0) is 15.1. The Bertz CT molecular complexity index is 209. The average molecular weight is 289 g/mol. The third-order valence-electron chi connectivity index (χ3n) is 4.52. The minimum absolute atomic E-state index is 0.304. The molecule has 4 unspecified atom stereocenters. The van der Waals surface area contributed by atoms with Gasteiger partial charge in [-0.3, -0.25) is 0 Å². The monoisotopic (exact) mass is 288 g/mol. The first-order chi connectivity index (χ1) is 8.87. The van der Waals surface area contributed by atoms with Crippen molar-refractivity contribution in [3.05, 3.63) is 0 Å². The summed E-state index contributed by atoms with van der Waals surface area (Å²) in [7, 11) is -2.17. The molecule has 0 aliphatic carbocycles. The van der Waals surface area contributed by atoms with Crippen molar-refractivity contribution in [2.75, 3.05) is 0 Å². The summed E-state index contributed by atoms with van der Waals surface area (Å²) in [6.45, 7) is 17.9. The van der Waals surface area contributed by atoms with Gasteiger partial charge >= 0.3 is 8.56 Å². The van der Waals surface area contributed by atoms with Gasteiger partial charge in [0.25, 0.3) is 0 Å². The highest BCUT2D eigenvalue weighted by Gasteiger charge is 2.49. The van der Waals surface area contributed by atoms with Crippen molar-refractivity contribution in [1.29, 1.82) is 0 Å². The molecule has 0 heterocycles. The summed E-state index contributed by atoms with van der Waals surface area (Å²) in [5.74, 6) is 0. The van der Waals surface area contributed by atoms with Crippen LogP contribution < -0.4 is 0 Å². The molecule has 19 heavy (non-hydrogen) atoms. The second kappa shape index (κ2) is 9.14. The molecule has 0 bridgehead atoms. The molecule has 0 spiro atoms. The molecular formula is C16H36O2Si. The fourth-order valence-electron chi connectivity index (χ4n) is 2.34. The lowest BCUT2D eigenvalue weighted by molar-refractivity contribution is 0.0731. The molecule has 0 N–H and O–H groups in total. The molecule has 0 rings (SSSR count). The molecule has 0 radical (unpaired) electrons. The lowest BCUT2D eigenvalue weighted by atomic mass is 10.3. The molecule has 0 aromatic heterocycles. The van der Waals surface area contributed by atoms with Crippen LogP contribution in [0.25, 0.3) is 0 Å². The molecule has 0 saturated carbocycles. The summed E-state index contributed by atoms with van der Waals surface area (Å²) in [5.41, 5.74) is 1.09. The smallest absolute Gasteiger partial charge is 0.344 e.